The van der Waals surface area contributed by atoms with Gasteiger partial charge in [0.1, 0.15) is 6.04 Å². The molecular weight excluding hydrogens is 272 g/mol. The minimum Gasteiger partial charge on any atom is -0.368 e. The van der Waals surface area contributed by atoms with Gasteiger partial charge in [-0.1, -0.05) is 54.1 Å². The van der Waals surface area contributed by atoms with Crippen molar-refractivity contribution in [2.75, 3.05) is 0 Å². The van der Waals surface area contributed by atoms with Crippen LogP contribution in [0.15, 0.2) is 54.6 Å². The standard InChI is InChI=1S/C16H17ClN2O/c1-11(12-7-9-14(17)10-8-12)19-15(16(18)20)13-5-3-2-4-6-13/h2-11,15,19H,1H3,(H2,18,20)/t11-,15+/m1/s1. The van der Waals surface area contributed by atoms with Crippen LogP contribution >= 0.6 is 11.6 Å². The zero-order valence-corrected chi connectivity index (χ0v) is 12.0. The maximum Gasteiger partial charge on any atom is 0.239 e. The lowest BCUT2D eigenvalue weighted by molar-refractivity contribution is -0.120. The van der Waals surface area contributed by atoms with Crippen LogP contribution in [0, 0.1) is 0 Å². The number of hydrogen-bond acceptors (Lipinski definition) is 2. The van der Waals surface area contributed by atoms with Gasteiger partial charge in [0.05, 0.1) is 0 Å². The second kappa shape index (κ2) is 6.55. The second-order valence-corrected chi connectivity index (χ2v) is 5.12. The van der Waals surface area contributed by atoms with E-state index in [0.29, 0.717) is 5.02 Å². The molecule has 0 radical (unpaired) electrons. The summed E-state index contributed by atoms with van der Waals surface area (Å²) >= 11 is 5.87. The van der Waals surface area contributed by atoms with Crippen molar-refractivity contribution in [3.63, 3.8) is 0 Å². The number of nitrogens with two attached hydrogens (primary N) is 1. The fourth-order valence-corrected chi connectivity index (χ4v) is 2.21. The first-order valence-corrected chi connectivity index (χ1v) is 6.81. The van der Waals surface area contributed by atoms with Crippen LogP contribution in [0.25, 0.3) is 0 Å². The molecule has 0 saturated carbocycles. The minimum atomic E-state index is -0.512. The van der Waals surface area contributed by atoms with Crippen molar-refractivity contribution in [2.45, 2.75) is 19.0 Å². The monoisotopic (exact) mass is 288 g/mol. The van der Waals surface area contributed by atoms with Crippen LogP contribution in [0.1, 0.15) is 30.1 Å². The highest BCUT2D eigenvalue weighted by atomic mass is 35.5. The molecule has 0 unspecified atom stereocenters. The number of rotatable bonds is 5. The molecule has 104 valence electrons. The Balaban J connectivity index is 2.16. The third-order valence-electron chi connectivity index (χ3n) is 3.20. The molecule has 2 aromatic carbocycles. The molecule has 0 bridgehead atoms. The number of halogens is 1. The highest BCUT2D eigenvalue weighted by molar-refractivity contribution is 6.30. The number of amides is 1. The van der Waals surface area contributed by atoms with Crippen LogP contribution in [0.3, 0.4) is 0 Å². The first-order chi connectivity index (χ1) is 9.58. The SMILES string of the molecule is C[C@@H](N[C@H](C(N)=O)c1ccccc1)c1ccc(Cl)cc1. The molecule has 3 N–H and O–H groups in total. The van der Waals surface area contributed by atoms with Crippen molar-refractivity contribution in [1.29, 1.82) is 0 Å². The largest absolute Gasteiger partial charge is 0.368 e. The Kier molecular flexibility index (Phi) is 4.77. The van der Waals surface area contributed by atoms with Gasteiger partial charge in [-0.2, -0.15) is 0 Å². The third-order valence-corrected chi connectivity index (χ3v) is 3.46. The van der Waals surface area contributed by atoms with Crippen LogP contribution in [0.4, 0.5) is 0 Å². The fourth-order valence-electron chi connectivity index (χ4n) is 2.09. The molecular formula is C16H17ClN2O. The summed E-state index contributed by atoms with van der Waals surface area (Å²) in [7, 11) is 0. The van der Waals surface area contributed by atoms with Crippen molar-refractivity contribution in [3.8, 4) is 0 Å². The number of nitrogens with one attached hydrogen (secondary N) is 1. The molecule has 0 aromatic heterocycles. The van der Waals surface area contributed by atoms with E-state index in [4.69, 9.17) is 17.3 Å². The molecule has 0 saturated heterocycles. The number of benzene rings is 2. The molecule has 0 aliphatic carbocycles. The molecule has 0 fully saturated rings. The van der Waals surface area contributed by atoms with Gasteiger partial charge in [0, 0.05) is 11.1 Å². The predicted molar refractivity (Wildman–Crippen MR) is 81.4 cm³/mol. The van der Waals surface area contributed by atoms with Gasteiger partial charge in [0.15, 0.2) is 0 Å². The molecule has 0 spiro atoms. The van der Waals surface area contributed by atoms with Crippen molar-refractivity contribution < 1.29 is 4.79 Å². The van der Waals surface area contributed by atoms with E-state index in [1.807, 2.05) is 61.5 Å². The molecule has 1 amide bonds. The van der Waals surface area contributed by atoms with Crippen molar-refractivity contribution in [1.82, 2.24) is 5.32 Å². The highest BCUT2D eigenvalue weighted by Crippen LogP contribution is 2.21. The molecule has 0 heterocycles. The quantitative estimate of drug-likeness (QED) is 0.887. The van der Waals surface area contributed by atoms with E-state index in [-0.39, 0.29) is 6.04 Å². The summed E-state index contributed by atoms with van der Waals surface area (Å²) in [6.07, 6.45) is 0. The molecule has 0 aliphatic heterocycles. The lowest BCUT2D eigenvalue weighted by Gasteiger charge is -2.21. The normalized spacial score (nSPS) is 13.7. The third kappa shape index (κ3) is 3.59. The van der Waals surface area contributed by atoms with Gasteiger partial charge in [-0.15, -0.1) is 0 Å². The molecule has 2 aromatic rings. The smallest absolute Gasteiger partial charge is 0.239 e. The number of carbonyl (C=O) groups excluding carboxylic acids is 1. The van der Waals surface area contributed by atoms with E-state index in [9.17, 15) is 4.79 Å². The Morgan fingerprint density at radius 2 is 1.65 bits per heavy atom. The van der Waals surface area contributed by atoms with Gasteiger partial charge in [-0.25, -0.2) is 0 Å². The Morgan fingerprint density at radius 3 is 2.20 bits per heavy atom. The Hall–Kier alpha value is -1.84. The molecule has 2 atom stereocenters. The predicted octanol–water partition coefficient (Wildman–Crippen LogP) is 3.22. The summed E-state index contributed by atoms with van der Waals surface area (Å²) in [6.45, 7) is 1.99. The average Bonchev–Trinajstić information content (AvgIpc) is 2.46. The van der Waals surface area contributed by atoms with E-state index >= 15 is 0 Å². The maximum atomic E-state index is 11.7. The number of primary amides is 1. The molecule has 0 aliphatic rings. The molecule has 4 heteroatoms. The lowest BCUT2D eigenvalue weighted by atomic mass is 10.0. The first-order valence-electron chi connectivity index (χ1n) is 6.43. The van der Waals surface area contributed by atoms with E-state index < -0.39 is 11.9 Å². The van der Waals surface area contributed by atoms with E-state index in [2.05, 4.69) is 5.32 Å². The van der Waals surface area contributed by atoms with Gasteiger partial charge in [-0.3, -0.25) is 10.1 Å². The van der Waals surface area contributed by atoms with E-state index in [1.165, 1.54) is 0 Å². The summed E-state index contributed by atoms with van der Waals surface area (Å²) in [5, 5.41) is 3.94. The van der Waals surface area contributed by atoms with Crippen LogP contribution in [-0.4, -0.2) is 5.91 Å². The van der Waals surface area contributed by atoms with Crippen LogP contribution in [-0.2, 0) is 4.79 Å². The van der Waals surface area contributed by atoms with Gasteiger partial charge < -0.3 is 5.73 Å². The molecule has 20 heavy (non-hydrogen) atoms. The summed E-state index contributed by atoms with van der Waals surface area (Å²) in [5.41, 5.74) is 7.41. The summed E-state index contributed by atoms with van der Waals surface area (Å²) < 4.78 is 0. The molecule has 3 nitrogen and oxygen atoms in total. The zero-order chi connectivity index (χ0) is 14.5. The first kappa shape index (κ1) is 14.6. The summed E-state index contributed by atoms with van der Waals surface area (Å²) in [4.78, 5) is 11.7. The lowest BCUT2D eigenvalue weighted by Crippen LogP contribution is -2.35. The van der Waals surface area contributed by atoms with Gasteiger partial charge in [-0.05, 0) is 30.2 Å². The van der Waals surface area contributed by atoms with Gasteiger partial charge >= 0.3 is 0 Å². The van der Waals surface area contributed by atoms with Crippen molar-refractivity contribution in [3.05, 3.63) is 70.7 Å². The second-order valence-electron chi connectivity index (χ2n) is 4.69. The van der Waals surface area contributed by atoms with Crippen LogP contribution in [0.2, 0.25) is 5.02 Å². The Labute approximate surface area is 123 Å². The Bertz CT molecular complexity index is 569. The van der Waals surface area contributed by atoms with Crippen LogP contribution < -0.4 is 11.1 Å². The van der Waals surface area contributed by atoms with Gasteiger partial charge in [0.25, 0.3) is 0 Å². The fraction of sp³-hybridized carbons (Fsp3) is 0.188. The summed E-state index contributed by atoms with van der Waals surface area (Å²) in [6, 6.07) is 16.5. The van der Waals surface area contributed by atoms with Crippen LogP contribution in [0.5, 0.6) is 0 Å². The van der Waals surface area contributed by atoms with Crippen molar-refractivity contribution in [2.24, 2.45) is 5.73 Å². The average molecular weight is 289 g/mol. The molecule has 2 rings (SSSR count). The van der Waals surface area contributed by atoms with Crippen molar-refractivity contribution >= 4 is 17.5 Å². The maximum absolute atomic E-state index is 11.7. The number of hydrogen-bond donors (Lipinski definition) is 2. The zero-order valence-electron chi connectivity index (χ0n) is 11.2. The highest BCUT2D eigenvalue weighted by Gasteiger charge is 2.20. The topological polar surface area (TPSA) is 55.1 Å². The minimum absolute atomic E-state index is 0.00928. The Morgan fingerprint density at radius 1 is 1.05 bits per heavy atom. The summed E-state index contributed by atoms with van der Waals surface area (Å²) in [5.74, 6) is -0.392. The van der Waals surface area contributed by atoms with E-state index in [1.54, 1.807) is 0 Å². The van der Waals surface area contributed by atoms with Gasteiger partial charge in [0.2, 0.25) is 5.91 Å². The van der Waals surface area contributed by atoms with E-state index in [0.717, 1.165) is 11.1 Å². The number of carbonyl (C=O) groups is 1.